The van der Waals surface area contributed by atoms with Crippen LogP contribution in [0.2, 0.25) is 0 Å². The number of piperazine rings is 1. The molecule has 0 radical (unpaired) electrons. The molecule has 5 rings (SSSR count). The highest BCUT2D eigenvalue weighted by molar-refractivity contribution is 7.89. The first-order chi connectivity index (χ1) is 15.5. The van der Waals surface area contributed by atoms with Gasteiger partial charge in [-0.1, -0.05) is 31.0 Å². The lowest BCUT2D eigenvalue weighted by atomic mass is 10.2. The lowest BCUT2D eigenvalue weighted by molar-refractivity contribution is 0.377. The zero-order valence-corrected chi connectivity index (χ0v) is 18.8. The molecule has 170 valence electrons. The van der Waals surface area contributed by atoms with Gasteiger partial charge in [-0.2, -0.15) is 4.31 Å². The van der Waals surface area contributed by atoms with Crippen molar-refractivity contribution >= 4 is 15.8 Å². The fraction of sp³-hybridized carbons (Fsp3) is 0.455. The van der Waals surface area contributed by atoms with Crippen LogP contribution in [0.3, 0.4) is 0 Å². The summed E-state index contributed by atoms with van der Waals surface area (Å²) >= 11 is 0. The molecule has 2 aromatic heterocycles. The Bertz CT molecular complexity index is 1190. The van der Waals surface area contributed by atoms with E-state index in [0.717, 1.165) is 31.2 Å². The number of hydrogen-bond donors (Lipinski definition) is 0. The van der Waals surface area contributed by atoms with E-state index >= 15 is 0 Å². The molecule has 9 nitrogen and oxygen atoms in total. The molecule has 1 saturated heterocycles. The zero-order chi connectivity index (χ0) is 22.1. The molecule has 0 amide bonds. The van der Waals surface area contributed by atoms with Crippen molar-refractivity contribution in [2.45, 2.75) is 37.9 Å². The molecule has 1 aliphatic carbocycles. The van der Waals surface area contributed by atoms with Gasteiger partial charge < -0.3 is 9.32 Å². The lowest BCUT2D eigenvalue weighted by Crippen LogP contribution is -2.51. The number of benzene rings is 1. The van der Waals surface area contributed by atoms with E-state index in [-0.39, 0.29) is 6.68 Å². The second-order valence-electron chi connectivity index (χ2n) is 8.28. The van der Waals surface area contributed by atoms with E-state index < -0.39 is 10.0 Å². The third-order valence-corrected chi connectivity index (χ3v) is 8.64. The number of nitrogens with zero attached hydrogens (tertiary/aromatic N) is 6. The average molecular weight is 457 g/mol. The summed E-state index contributed by atoms with van der Waals surface area (Å²) in [5.41, 5.74) is 2.07. The minimum atomic E-state index is -3.21. The molecular weight excluding hydrogens is 428 g/mol. The number of hydrogen-bond acceptors (Lipinski definition) is 8. The molecule has 1 aliphatic heterocycles. The fourth-order valence-corrected chi connectivity index (χ4v) is 6.40. The van der Waals surface area contributed by atoms with Gasteiger partial charge in [-0.05, 0) is 31.9 Å². The smallest absolute Gasteiger partial charge is 0.268 e. The monoisotopic (exact) mass is 456 g/mol. The number of anilines is 1. The van der Waals surface area contributed by atoms with E-state index in [1.54, 1.807) is 10.5 Å². The Hall–Kier alpha value is -2.85. The normalized spacial score (nSPS) is 18.3. The summed E-state index contributed by atoms with van der Waals surface area (Å²) in [4.78, 5) is 11.3. The molecule has 2 aliphatic rings. The van der Waals surface area contributed by atoms with Crippen molar-refractivity contribution < 1.29 is 14.3 Å². The van der Waals surface area contributed by atoms with Crippen LogP contribution >= 0.6 is 0 Å². The highest BCUT2D eigenvalue weighted by atomic mass is 32.2. The number of aromatic nitrogens is 4. The standard InChI is InChI=1S/C22H26N6O3S.H2/c1-16-20(22-26-25-21(31-22)17-7-3-2-4-8-17)24-19(15-23-16)27-11-13-28(14-12-27)32(29,30)18-9-5-6-10-18;/h2-4,7-8,15,18H,5-6,9-14H2,1H3;1H. The average Bonchev–Trinajstić information content (AvgIpc) is 3.53. The molecule has 3 heterocycles. The third-order valence-electron chi connectivity index (χ3n) is 6.24. The SMILES string of the molecule is Cc1ncc(N2CCN(S(=O)(=O)C3CCCC3)CC2)nc1-c1nnc(-c2ccccc2)o1.[HH]. The van der Waals surface area contributed by atoms with Gasteiger partial charge in [0.05, 0.1) is 17.1 Å². The van der Waals surface area contributed by atoms with Crippen LogP contribution in [0.25, 0.3) is 23.0 Å². The van der Waals surface area contributed by atoms with Gasteiger partial charge in [0.1, 0.15) is 5.82 Å². The molecule has 3 aromatic rings. The van der Waals surface area contributed by atoms with E-state index in [4.69, 9.17) is 9.40 Å². The summed E-state index contributed by atoms with van der Waals surface area (Å²) in [6, 6.07) is 9.57. The zero-order valence-electron chi connectivity index (χ0n) is 18.0. The summed E-state index contributed by atoms with van der Waals surface area (Å²) in [7, 11) is -3.21. The molecule has 2 fully saturated rings. The van der Waals surface area contributed by atoms with Crippen molar-refractivity contribution in [2.24, 2.45) is 0 Å². The molecule has 10 heteroatoms. The molecule has 0 spiro atoms. The molecule has 1 aromatic carbocycles. The highest BCUT2D eigenvalue weighted by Gasteiger charge is 2.36. The highest BCUT2D eigenvalue weighted by Crippen LogP contribution is 2.29. The van der Waals surface area contributed by atoms with Gasteiger partial charge in [0.2, 0.25) is 15.9 Å². The van der Waals surface area contributed by atoms with Gasteiger partial charge in [-0.3, -0.25) is 4.98 Å². The maximum absolute atomic E-state index is 12.9. The van der Waals surface area contributed by atoms with Crippen LogP contribution in [0.15, 0.2) is 40.9 Å². The number of rotatable bonds is 5. The first kappa shape index (κ1) is 21.0. The Morgan fingerprint density at radius 3 is 2.41 bits per heavy atom. The van der Waals surface area contributed by atoms with Crippen LogP contribution in [0.4, 0.5) is 5.82 Å². The molecule has 0 bridgehead atoms. The van der Waals surface area contributed by atoms with Crippen LogP contribution in [0.1, 0.15) is 32.8 Å². The van der Waals surface area contributed by atoms with Crippen LogP contribution < -0.4 is 4.90 Å². The third kappa shape index (κ3) is 4.00. The van der Waals surface area contributed by atoms with Gasteiger partial charge in [0.15, 0.2) is 5.69 Å². The first-order valence-corrected chi connectivity index (χ1v) is 12.5. The molecule has 0 atom stereocenters. The van der Waals surface area contributed by atoms with E-state index in [2.05, 4.69) is 20.1 Å². The maximum Gasteiger partial charge on any atom is 0.268 e. The van der Waals surface area contributed by atoms with Crippen LogP contribution in [-0.4, -0.2) is 64.3 Å². The molecule has 0 unspecified atom stereocenters. The van der Waals surface area contributed by atoms with Crippen molar-refractivity contribution in [3.8, 4) is 23.0 Å². The summed E-state index contributed by atoms with van der Waals surface area (Å²) in [6.07, 6.45) is 5.30. The molecular formula is C22H28N6O3S. The van der Waals surface area contributed by atoms with Crippen molar-refractivity contribution in [2.75, 3.05) is 31.1 Å². The van der Waals surface area contributed by atoms with Gasteiger partial charge in [-0.25, -0.2) is 13.4 Å². The van der Waals surface area contributed by atoms with Crippen LogP contribution in [0.5, 0.6) is 0 Å². The molecule has 32 heavy (non-hydrogen) atoms. The minimum absolute atomic E-state index is 0. The second kappa shape index (κ2) is 8.59. The van der Waals surface area contributed by atoms with E-state index in [9.17, 15) is 8.42 Å². The Kier molecular flexibility index (Phi) is 5.64. The summed E-state index contributed by atoms with van der Waals surface area (Å²) in [5, 5.41) is 8.11. The maximum atomic E-state index is 12.9. The van der Waals surface area contributed by atoms with Gasteiger partial charge in [0.25, 0.3) is 5.89 Å². The van der Waals surface area contributed by atoms with Gasteiger partial charge in [-0.15, -0.1) is 10.2 Å². The number of sulfonamides is 1. The van der Waals surface area contributed by atoms with Gasteiger partial charge >= 0.3 is 0 Å². The largest absolute Gasteiger partial charge is 0.415 e. The van der Waals surface area contributed by atoms with Gasteiger partial charge in [0, 0.05) is 33.2 Å². The van der Waals surface area contributed by atoms with Crippen LogP contribution in [0, 0.1) is 6.92 Å². The predicted octanol–water partition coefficient (Wildman–Crippen LogP) is 3.14. The minimum Gasteiger partial charge on any atom is -0.415 e. The molecule has 0 N–H and O–H groups in total. The Morgan fingerprint density at radius 2 is 1.69 bits per heavy atom. The summed E-state index contributed by atoms with van der Waals surface area (Å²) in [5.74, 6) is 1.43. The van der Waals surface area contributed by atoms with Crippen LogP contribution in [-0.2, 0) is 10.0 Å². The van der Waals surface area contributed by atoms with Crippen molar-refractivity contribution in [3.63, 3.8) is 0 Å². The second-order valence-corrected chi connectivity index (χ2v) is 10.5. The summed E-state index contributed by atoms with van der Waals surface area (Å²) < 4.78 is 33.3. The Balaban J connectivity index is 0.00000259. The number of aryl methyl sites for hydroxylation is 1. The van der Waals surface area contributed by atoms with Crippen molar-refractivity contribution in [1.82, 2.24) is 24.5 Å². The predicted molar refractivity (Wildman–Crippen MR) is 123 cm³/mol. The summed E-state index contributed by atoms with van der Waals surface area (Å²) in [6.45, 7) is 3.92. The lowest BCUT2D eigenvalue weighted by Gasteiger charge is -2.35. The quantitative estimate of drug-likeness (QED) is 0.577. The van der Waals surface area contributed by atoms with E-state index in [1.807, 2.05) is 37.3 Å². The van der Waals surface area contributed by atoms with E-state index in [1.165, 1.54) is 0 Å². The van der Waals surface area contributed by atoms with Crippen molar-refractivity contribution in [3.05, 3.63) is 42.2 Å². The Morgan fingerprint density at radius 1 is 1.00 bits per heavy atom. The first-order valence-electron chi connectivity index (χ1n) is 11.0. The van der Waals surface area contributed by atoms with E-state index in [0.29, 0.717) is 55.2 Å². The topological polar surface area (TPSA) is 105 Å². The Labute approximate surface area is 189 Å². The van der Waals surface area contributed by atoms with Crippen molar-refractivity contribution in [1.29, 1.82) is 0 Å². The molecule has 1 saturated carbocycles. The fourth-order valence-electron chi connectivity index (χ4n) is 4.38.